The maximum Gasteiger partial charge on any atom is 0.459 e. The van der Waals surface area contributed by atoms with Gasteiger partial charge in [-0.15, -0.1) is 0 Å². The Balaban J connectivity index is 1.61. The van der Waals surface area contributed by atoms with Crippen molar-refractivity contribution in [1.29, 1.82) is 0 Å². The molecule has 3 heterocycles. The Hall–Kier alpha value is -3.23. The highest BCUT2D eigenvalue weighted by Crippen LogP contribution is 2.56. The summed E-state index contributed by atoms with van der Waals surface area (Å²) in [5, 5.41) is 12.6. The molecule has 16 heteroatoms. The zero-order valence-electron chi connectivity index (χ0n) is 22.2. The van der Waals surface area contributed by atoms with Crippen LogP contribution >= 0.6 is 7.75 Å². The van der Waals surface area contributed by atoms with Crippen LogP contribution in [0.25, 0.3) is 11.2 Å². The minimum Gasteiger partial charge on any atom is -0.462 e. The molecule has 1 aliphatic heterocycles. The molecule has 0 spiro atoms. The summed E-state index contributed by atoms with van der Waals surface area (Å²) in [7, 11) is -4.39. The molecule has 40 heavy (non-hydrogen) atoms. The van der Waals surface area contributed by atoms with Crippen molar-refractivity contribution in [1.82, 2.24) is 24.6 Å². The van der Waals surface area contributed by atoms with Gasteiger partial charge in [-0.3, -0.25) is 13.9 Å². The molecule has 0 amide bonds. The zero-order chi connectivity index (χ0) is 29.3. The lowest BCUT2D eigenvalue weighted by atomic mass is 9.80. The molecule has 1 aliphatic rings. The Kier molecular flexibility index (Phi) is 8.43. The zero-order valence-corrected chi connectivity index (χ0v) is 23.1. The van der Waals surface area contributed by atoms with Gasteiger partial charge >= 0.3 is 19.6 Å². The van der Waals surface area contributed by atoms with Crippen molar-refractivity contribution in [2.24, 2.45) is 5.41 Å². The van der Waals surface area contributed by atoms with Gasteiger partial charge in [-0.05, 0) is 39.8 Å². The van der Waals surface area contributed by atoms with Crippen LogP contribution in [0.3, 0.4) is 0 Å². The van der Waals surface area contributed by atoms with Gasteiger partial charge in [0.05, 0.1) is 37.2 Å². The Labute approximate surface area is 228 Å². The quantitative estimate of drug-likeness (QED) is 0.222. The van der Waals surface area contributed by atoms with Gasteiger partial charge in [0.2, 0.25) is 6.23 Å². The van der Waals surface area contributed by atoms with Crippen LogP contribution in [0, 0.1) is 5.41 Å². The number of para-hydroxylation sites is 1. The molecule has 2 unspecified atom stereocenters. The number of nitrogens with one attached hydrogen (secondary N) is 1. The Bertz CT molecular complexity index is 1390. The smallest absolute Gasteiger partial charge is 0.459 e. The highest BCUT2D eigenvalue weighted by molar-refractivity contribution is 7.52. The lowest BCUT2D eigenvalue weighted by Crippen LogP contribution is -2.47. The third-order valence-electron chi connectivity index (χ3n) is 6.47. The highest BCUT2D eigenvalue weighted by Gasteiger charge is 2.68. The van der Waals surface area contributed by atoms with Crippen LogP contribution in [0.4, 0.5) is 14.6 Å². The number of alkyl halides is 2. The summed E-state index contributed by atoms with van der Waals surface area (Å²) in [6.45, 7) is 4.07. The number of carbonyl (C=O) groups excluding carboxylic acids is 1. The molecule has 2 aromatic heterocycles. The summed E-state index contributed by atoms with van der Waals surface area (Å²) >= 11 is 0. The summed E-state index contributed by atoms with van der Waals surface area (Å²) in [6.07, 6.45) is -1.73. The molecule has 0 bridgehead atoms. The minimum absolute atomic E-state index is 0.00345. The van der Waals surface area contributed by atoms with Crippen LogP contribution in [0.15, 0.2) is 43.0 Å². The fourth-order valence-electron chi connectivity index (χ4n) is 4.10. The number of anilines is 1. The first-order valence-corrected chi connectivity index (χ1v) is 13.9. The van der Waals surface area contributed by atoms with Gasteiger partial charge in [0.15, 0.2) is 11.5 Å². The number of aliphatic hydroxyl groups is 1. The molecular weight excluding hydrogens is 553 g/mol. The lowest BCUT2D eigenvalue weighted by molar-refractivity contribution is -0.152. The van der Waals surface area contributed by atoms with Crippen LogP contribution < -0.4 is 15.3 Å². The molecule has 1 saturated heterocycles. The number of nitrogens with zero attached hydrogens (tertiary/aromatic N) is 4. The van der Waals surface area contributed by atoms with Gasteiger partial charge in [0.1, 0.15) is 23.6 Å². The first-order valence-electron chi connectivity index (χ1n) is 12.4. The molecule has 4 rings (SSSR count). The average molecular weight is 585 g/mol. The molecule has 13 nitrogen and oxygen atoms in total. The standard InChI is InChI=1S/C24H31F2N6O7P/c1-14(2)37-21(34)15(3)31-40(35,39-16-8-6-5-7-9-16)36-10-17-23(4,11-33)24(25,26)22(38-17)32-13-30-18-19(27)28-12-29-20(18)32/h5-9,12-15,17,22,33H,10-11H2,1-4H3,(H,31,35)(H2,27,28,29)/t15-,17+,22+,23?,40?/m0/s1. The number of aromatic nitrogens is 4. The molecular formula is C24H31F2N6O7P. The second-order valence-electron chi connectivity index (χ2n) is 9.79. The molecule has 0 radical (unpaired) electrons. The number of hydrogen-bond donors (Lipinski definition) is 3. The molecule has 3 aromatic rings. The van der Waals surface area contributed by atoms with Crippen molar-refractivity contribution < 1.29 is 41.8 Å². The highest BCUT2D eigenvalue weighted by atomic mass is 31.2. The van der Waals surface area contributed by atoms with Crippen LogP contribution in [-0.2, 0) is 23.4 Å². The number of benzene rings is 1. The van der Waals surface area contributed by atoms with Crippen LogP contribution in [0.1, 0.15) is 33.9 Å². The largest absolute Gasteiger partial charge is 0.462 e. The van der Waals surface area contributed by atoms with Crippen molar-refractivity contribution >= 4 is 30.7 Å². The van der Waals surface area contributed by atoms with Gasteiger partial charge in [-0.25, -0.2) is 28.3 Å². The number of fused-ring (bicyclic) bond motifs is 1. The third-order valence-corrected chi connectivity index (χ3v) is 8.11. The number of nitrogen functional groups attached to an aromatic ring is 1. The van der Waals surface area contributed by atoms with Crippen LogP contribution in [0.2, 0.25) is 0 Å². The first-order chi connectivity index (χ1) is 18.8. The number of hydrogen-bond acceptors (Lipinski definition) is 11. The maximum atomic E-state index is 15.9. The number of halogens is 2. The second-order valence-corrected chi connectivity index (χ2v) is 11.5. The van der Waals surface area contributed by atoms with E-state index in [1.807, 2.05) is 0 Å². The Morgan fingerprint density at radius 1 is 1.25 bits per heavy atom. The van der Waals surface area contributed by atoms with Gasteiger partial charge in [-0.2, -0.15) is 5.09 Å². The van der Waals surface area contributed by atoms with E-state index < -0.39 is 62.7 Å². The number of imidazole rings is 1. The second kappa shape index (κ2) is 11.3. The number of esters is 1. The fourth-order valence-corrected chi connectivity index (χ4v) is 5.59. The number of rotatable bonds is 11. The topological polar surface area (TPSA) is 173 Å². The van der Waals surface area contributed by atoms with Gasteiger partial charge in [0, 0.05) is 0 Å². The predicted molar refractivity (Wildman–Crippen MR) is 138 cm³/mol. The monoisotopic (exact) mass is 584 g/mol. The molecule has 1 aromatic carbocycles. The Morgan fingerprint density at radius 3 is 2.60 bits per heavy atom. The summed E-state index contributed by atoms with van der Waals surface area (Å²) in [4.78, 5) is 24.2. The van der Waals surface area contributed by atoms with Crippen LogP contribution in [-0.4, -0.2) is 68.0 Å². The Morgan fingerprint density at radius 2 is 1.95 bits per heavy atom. The van der Waals surface area contributed by atoms with E-state index >= 15 is 8.78 Å². The number of nitrogens with two attached hydrogens (primary N) is 1. The van der Waals surface area contributed by atoms with E-state index in [0.29, 0.717) is 0 Å². The van der Waals surface area contributed by atoms with Crippen molar-refractivity contribution in [3.63, 3.8) is 0 Å². The molecule has 5 atom stereocenters. The van der Waals surface area contributed by atoms with Gasteiger partial charge < -0.3 is 24.8 Å². The molecule has 1 fully saturated rings. The molecule has 4 N–H and O–H groups in total. The molecule has 0 saturated carbocycles. The van der Waals surface area contributed by atoms with E-state index in [2.05, 4.69) is 20.0 Å². The van der Waals surface area contributed by atoms with Crippen LogP contribution in [0.5, 0.6) is 5.75 Å². The normalized spacial score (nSPS) is 24.6. The van der Waals surface area contributed by atoms with E-state index in [1.165, 1.54) is 19.1 Å². The van der Waals surface area contributed by atoms with E-state index in [-0.39, 0.29) is 22.7 Å². The van der Waals surface area contributed by atoms with E-state index in [9.17, 15) is 14.5 Å². The average Bonchev–Trinajstić information content (AvgIpc) is 3.40. The van der Waals surface area contributed by atoms with Gasteiger partial charge in [0.25, 0.3) is 0 Å². The van der Waals surface area contributed by atoms with E-state index in [1.54, 1.807) is 32.0 Å². The van der Waals surface area contributed by atoms with Crippen molar-refractivity contribution in [3.8, 4) is 5.75 Å². The number of aliphatic hydroxyl groups excluding tert-OH is 1. The lowest BCUT2D eigenvalue weighted by Gasteiger charge is -2.33. The fraction of sp³-hybridized carbons (Fsp3) is 0.500. The first kappa shape index (κ1) is 29.7. The third kappa shape index (κ3) is 5.65. The van der Waals surface area contributed by atoms with Crippen molar-refractivity contribution in [2.45, 2.75) is 58.1 Å². The molecule has 0 aliphatic carbocycles. The number of ether oxygens (including phenoxy) is 2. The van der Waals surface area contributed by atoms with Gasteiger partial charge in [-0.1, -0.05) is 18.2 Å². The maximum absolute atomic E-state index is 15.9. The van der Waals surface area contributed by atoms with Crippen molar-refractivity contribution in [2.75, 3.05) is 18.9 Å². The summed E-state index contributed by atoms with van der Waals surface area (Å²) in [6, 6.07) is 6.80. The summed E-state index contributed by atoms with van der Waals surface area (Å²) < 4.78 is 68.5. The van der Waals surface area contributed by atoms with Crippen molar-refractivity contribution in [3.05, 3.63) is 43.0 Å². The summed E-state index contributed by atoms with van der Waals surface area (Å²) in [5.41, 5.74) is 3.68. The summed E-state index contributed by atoms with van der Waals surface area (Å²) in [5.74, 6) is -4.29. The van der Waals surface area contributed by atoms with E-state index in [0.717, 1.165) is 24.1 Å². The number of carbonyl (C=O) groups is 1. The minimum atomic E-state index is -4.39. The van der Waals surface area contributed by atoms with E-state index in [4.69, 9.17) is 24.3 Å². The predicted octanol–water partition coefficient (Wildman–Crippen LogP) is 3.07. The molecule has 218 valence electrons. The SMILES string of the molecule is CC(C)OC(=O)[C@H](C)NP(=O)(OC[C@H]1O[C@@H](n2cnc3c(N)ncnc32)C(F)(F)C1(C)CO)Oc1ccccc1.